The zero-order valence-electron chi connectivity index (χ0n) is 9.44. The quantitative estimate of drug-likeness (QED) is 0.751. The number of aliphatic carboxylic acids is 1. The van der Waals surface area contributed by atoms with Crippen molar-refractivity contribution in [2.45, 2.75) is 44.2 Å². The molecule has 16 heavy (non-hydrogen) atoms. The highest BCUT2D eigenvalue weighted by Gasteiger charge is 2.47. The Morgan fingerprint density at radius 3 is 2.75 bits per heavy atom. The number of carbonyl (C=O) groups is 2. The number of hydrogen-bond donors (Lipinski definition) is 1. The lowest BCUT2D eigenvalue weighted by Gasteiger charge is -2.32. The van der Waals surface area contributed by atoms with Crippen molar-refractivity contribution in [1.29, 1.82) is 0 Å². The smallest absolute Gasteiger partial charge is 0.329 e. The van der Waals surface area contributed by atoms with Crippen LogP contribution in [0, 0.1) is 0 Å². The summed E-state index contributed by atoms with van der Waals surface area (Å²) < 4.78 is 5.32. The molecule has 1 amide bonds. The number of hydrogen-bond acceptors (Lipinski definition) is 3. The van der Waals surface area contributed by atoms with Gasteiger partial charge in [-0.15, -0.1) is 0 Å². The minimum atomic E-state index is -1.04. The van der Waals surface area contributed by atoms with E-state index >= 15 is 0 Å². The van der Waals surface area contributed by atoms with E-state index in [1.54, 1.807) is 6.92 Å². The second-order valence-corrected chi connectivity index (χ2v) is 4.67. The zero-order valence-corrected chi connectivity index (χ0v) is 9.44. The lowest BCUT2D eigenvalue weighted by molar-refractivity contribution is -0.159. The number of carboxylic acid groups (broad SMARTS) is 1. The summed E-state index contributed by atoms with van der Waals surface area (Å²) in [7, 11) is 0. The maximum atomic E-state index is 12.1. The van der Waals surface area contributed by atoms with Gasteiger partial charge in [-0.1, -0.05) is 0 Å². The minimum Gasteiger partial charge on any atom is -0.480 e. The Bertz CT molecular complexity index is 311. The third kappa shape index (κ3) is 1.69. The second-order valence-electron chi connectivity index (χ2n) is 4.67. The average Bonchev–Trinajstić information content (AvgIpc) is 2.85. The van der Waals surface area contributed by atoms with Crippen molar-refractivity contribution in [2.24, 2.45) is 0 Å². The normalized spacial score (nSPS) is 34.3. The second kappa shape index (κ2) is 4.05. The molecule has 0 radical (unpaired) electrons. The van der Waals surface area contributed by atoms with Gasteiger partial charge >= 0.3 is 5.97 Å². The molecule has 1 N–H and O–H groups in total. The molecule has 0 aliphatic carbocycles. The number of ether oxygens (including phenoxy) is 1. The van der Waals surface area contributed by atoms with Gasteiger partial charge in [0.2, 0.25) is 0 Å². The summed E-state index contributed by atoms with van der Waals surface area (Å²) in [6.45, 7) is 2.75. The van der Waals surface area contributed by atoms with Crippen molar-refractivity contribution in [3.8, 4) is 0 Å². The molecule has 2 rings (SSSR count). The largest absolute Gasteiger partial charge is 0.480 e. The van der Waals surface area contributed by atoms with Crippen LogP contribution in [0.2, 0.25) is 0 Å². The van der Waals surface area contributed by atoms with Crippen molar-refractivity contribution in [1.82, 2.24) is 4.90 Å². The summed E-state index contributed by atoms with van der Waals surface area (Å²) in [6.07, 6.45) is 2.46. The third-order valence-corrected chi connectivity index (χ3v) is 3.57. The lowest BCUT2D eigenvalue weighted by atomic mass is 9.98. The van der Waals surface area contributed by atoms with E-state index in [4.69, 9.17) is 4.74 Å². The van der Waals surface area contributed by atoms with Gasteiger partial charge in [0.15, 0.2) is 0 Å². The van der Waals surface area contributed by atoms with Crippen LogP contribution in [0.4, 0.5) is 0 Å². The Balaban J connectivity index is 2.13. The van der Waals surface area contributed by atoms with Gasteiger partial charge in [-0.3, -0.25) is 4.79 Å². The lowest BCUT2D eigenvalue weighted by Crippen LogP contribution is -2.53. The predicted octanol–water partition coefficient (Wildman–Crippen LogP) is 0.631. The molecule has 0 spiro atoms. The van der Waals surface area contributed by atoms with Gasteiger partial charge in [0.1, 0.15) is 11.6 Å². The molecule has 5 heteroatoms. The first-order valence-electron chi connectivity index (χ1n) is 5.72. The van der Waals surface area contributed by atoms with Gasteiger partial charge in [-0.05, 0) is 32.6 Å². The molecule has 2 heterocycles. The monoisotopic (exact) mass is 227 g/mol. The maximum Gasteiger partial charge on any atom is 0.329 e. The van der Waals surface area contributed by atoms with Crippen molar-refractivity contribution in [3.63, 3.8) is 0 Å². The molecular weight excluding hydrogens is 210 g/mol. The summed E-state index contributed by atoms with van der Waals surface area (Å²) in [5.74, 6) is -1.07. The molecule has 0 aromatic carbocycles. The average molecular weight is 227 g/mol. The number of carboxylic acids is 1. The molecule has 2 atom stereocenters. The number of carbonyl (C=O) groups excluding carboxylic acids is 1. The Morgan fingerprint density at radius 2 is 2.19 bits per heavy atom. The summed E-state index contributed by atoms with van der Waals surface area (Å²) in [4.78, 5) is 24.8. The summed E-state index contributed by atoms with van der Waals surface area (Å²) >= 11 is 0. The number of likely N-dealkylation sites (tertiary alicyclic amines) is 1. The van der Waals surface area contributed by atoms with E-state index in [1.165, 1.54) is 4.90 Å². The topological polar surface area (TPSA) is 66.8 Å². The van der Waals surface area contributed by atoms with Gasteiger partial charge < -0.3 is 14.7 Å². The summed E-state index contributed by atoms with van der Waals surface area (Å²) in [5, 5.41) is 9.20. The molecular formula is C11H17NO4. The highest BCUT2D eigenvalue weighted by molar-refractivity contribution is 5.89. The molecule has 1 unspecified atom stereocenters. The Hall–Kier alpha value is -1.10. The van der Waals surface area contributed by atoms with Crippen LogP contribution in [0.3, 0.4) is 0 Å². The maximum absolute atomic E-state index is 12.1. The standard InChI is InChI=1S/C11H17NO4/c1-11(10(14)15)5-3-6-12(11)9(13)8-4-2-7-16-8/h8H,2-7H2,1H3,(H,14,15)/t8-,11?/m1/s1. The number of rotatable bonds is 2. The van der Waals surface area contributed by atoms with Crippen LogP contribution in [0.1, 0.15) is 32.6 Å². The van der Waals surface area contributed by atoms with E-state index in [2.05, 4.69) is 0 Å². The SMILES string of the molecule is CC1(C(=O)O)CCCN1C(=O)[C@H]1CCCO1. The van der Waals surface area contributed by atoms with E-state index < -0.39 is 17.6 Å². The van der Waals surface area contributed by atoms with Gasteiger partial charge in [-0.25, -0.2) is 4.79 Å². The van der Waals surface area contributed by atoms with Gasteiger partial charge in [0.05, 0.1) is 0 Å². The zero-order chi connectivity index (χ0) is 11.8. The van der Waals surface area contributed by atoms with Crippen molar-refractivity contribution in [2.75, 3.05) is 13.2 Å². The highest BCUT2D eigenvalue weighted by Crippen LogP contribution is 2.31. The Morgan fingerprint density at radius 1 is 1.44 bits per heavy atom. The molecule has 2 saturated heterocycles. The van der Waals surface area contributed by atoms with Gasteiger partial charge in [0, 0.05) is 13.2 Å². The Labute approximate surface area is 94.4 Å². The van der Waals surface area contributed by atoms with E-state index in [1.807, 2.05) is 0 Å². The highest BCUT2D eigenvalue weighted by atomic mass is 16.5. The first kappa shape index (κ1) is 11.4. The van der Waals surface area contributed by atoms with Crippen LogP contribution in [0.15, 0.2) is 0 Å². The molecule has 2 aliphatic heterocycles. The molecule has 0 bridgehead atoms. The van der Waals surface area contributed by atoms with Crippen LogP contribution in [-0.2, 0) is 14.3 Å². The van der Waals surface area contributed by atoms with Crippen LogP contribution in [-0.4, -0.2) is 46.7 Å². The fourth-order valence-electron chi connectivity index (χ4n) is 2.49. The molecule has 2 fully saturated rings. The fourth-order valence-corrected chi connectivity index (χ4v) is 2.49. The van der Waals surface area contributed by atoms with E-state index in [0.717, 1.165) is 12.8 Å². The fraction of sp³-hybridized carbons (Fsp3) is 0.818. The molecule has 5 nitrogen and oxygen atoms in total. The summed E-state index contributed by atoms with van der Waals surface area (Å²) in [5.41, 5.74) is -1.04. The number of amides is 1. The van der Waals surface area contributed by atoms with E-state index in [9.17, 15) is 14.7 Å². The summed E-state index contributed by atoms with van der Waals surface area (Å²) in [6, 6.07) is 0. The molecule has 2 aliphatic rings. The molecule has 0 saturated carbocycles. The van der Waals surface area contributed by atoms with Crippen molar-refractivity contribution in [3.05, 3.63) is 0 Å². The molecule has 0 aromatic rings. The third-order valence-electron chi connectivity index (χ3n) is 3.57. The van der Waals surface area contributed by atoms with Crippen LogP contribution in [0.25, 0.3) is 0 Å². The van der Waals surface area contributed by atoms with Gasteiger partial charge in [-0.2, -0.15) is 0 Å². The van der Waals surface area contributed by atoms with E-state index in [0.29, 0.717) is 26.0 Å². The van der Waals surface area contributed by atoms with Crippen molar-refractivity contribution < 1.29 is 19.4 Å². The van der Waals surface area contributed by atoms with Crippen LogP contribution >= 0.6 is 0 Å². The first-order chi connectivity index (χ1) is 7.55. The van der Waals surface area contributed by atoms with E-state index in [-0.39, 0.29) is 5.91 Å². The van der Waals surface area contributed by atoms with Crippen LogP contribution < -0.4 is 0 Å². The minimum absolute atomic E-state index is 0.153. The first-order valence-corrected chi connectivity index (χ1v) is 5.72. The van der Waals surface area contributed by atoms with Crippen molar-refractivity contribution >= 4 is 11.9 Å². The molecule has 90 valence electrons. The Kier molecular flexibility index (Phi) is 2.88. The van der Waals surface area contributed by atoms with Gasteiger partial charge in [0.25, 0.3) is 5.91 Å². The van der Waals surface area contributed by atoms with Crippen LogP contribution in [0.5, 0.6) is 0 Å². The predicted molar refractivity (Wildman–Crippen MR) is 56.0 cm³/mol. The number of nitrogens with zero attached hydrogens (tertiary/aromatic N) is 1. The molecule has 0 aromatic heterocycles.